The highest BCUT2D eigenvalue weighted by Gasteiger charge is 2.28. The number of urea groups is 1. The zero-order chi connectivity index (χ0) is 23.5. The van der Waals surface area contributed by atoms with Crippen LogP contribution in [0.2, 0.25) is 5.02 Å². The number of nitrogens with two attached hydrogens (primary N) is 1. The molecule has 0 atom stereocenters. The molecule has 1 aliphatic heterocycles. The number of halogens is 2. The van der Waals surface area contributed by atoms with Crippen molar-refractivity contribution >= 4 is 63.9 Å². The number of esters is 1. The van der Waals surface area contributed by atoms with Crippen LogP contribution in [0.1, 0.15) is 48.0 Å². The lowest BCUT2D eigenvalue weighted by molar-refractivity contribution is -0.155. The molecule has 4 N–H and O–H groups in total. The molecular weight excluding hydrogens is 487 g/mol. The fourth-order valence-electron chi connectivity index (χ4n) is 3.44. The summed E-state index contributed by atoms with van der Waals surface area (Å²) in [6.45, 7) is 7.33. The zero-order valence-electron chi connectivity index (χ0n) is 18.7. The fourth-order valence-corrected chi connectivity index (χ4v) is 4.85. The molecule has 2 aromatic rings. The van der Waals surface area contributed by atoms with E-state index in [0.29, 0.717) is 47.3 Å². The molecule has 0 spiro atoms. The molecule has 0 saturated carbocycles. The topological polar surface area (TPSA) is 114 Å². The third kappa shape index (κ3) is 7.60. The van der Waals surface area contributed by atoms with Gasteiger partial charge in [-0.3, -0.25) is 19.8 Å². The number of benzene rings is 1. The van der Waals surface area contributed by atoms with E-state index in [1.807, 2.05) is 20.8 Å². The molecule has 1 aromatic carbocycles. The summed E-state index contributed by atoms with van der Waals surface area (Å²) in [5, 5.41) is 6.44. The van der Waals surface area contributed by atoms with Crippen LogP contribution in [-0.4, -0.2) is 41.5 Å². The van der Waals surface area contributed by atoms with E-state index in [1.54, 1.807) is 24.3 Å². The number of amides is 3. The first-order chi connectivity index (χ1) is 15.0. The number of nitrogens with zero attached hydrogens (tertiary/aromatic N) is 1. The number of ether oxygens (including phenoxy) is 1. The van der Waals surface area contributed by atoms with Crippen molar-refractivity contribution in [2.45, 2.75) is 45.8 Å². The number of carbonyl (C=O) groups excluding carboxylic acids is 3. The molecule has 1 aliphatic rings. The van der Waals surface area contributed by atoms with Crippen molar-refractivity contribution in [2.75, 3.05) is 23.7 Å². The van der Waals surface area contributed by atoms with E-state index in [4.69, 9.17) is 22.1 Å². The van der Waals surface area contributed by atoms with E-state index >= 15 is 0 Å². The molecule has 0 bridgehead atoms. The molecule has 33 heavy (non-hydrogen) atoms. The van der Waals surface area contributed by atoms with Crippen LogP contribution >= 0.6 is 35.3 Å². The van der Waals surface area contributed by atoms with Gasteiger partial charge in [0.2, 0.25) is 0 Å². The van der Waals surface area contributed by atoms with Gasteiger partial charge in [0.25, 0.3) is 5.91 Å². The first-order valence-corrected chi connectivity index (χ1v) is 11.4. The number of hydrogen-bond donors (Lipinski definition) is 3. The van der Waals surface area contributed by atoms with Crippen LogP contribution in [-0.2, 0) is 22.5 Å². The van der Waals surface area contributed by atoms with Crippen LogP contribution in [0, 0.1) is 0 Å². The van der Waals surface area contributed by atoms with E-state index in [2.05, 4.69) is 15.5 Å². The third-order valence-electron chi connectivity index (χ3n) is 4.76. The summed E-state index contributed by atoms with van der Waals surface area (Å²) in [6, 6.07) is 6.22. The number of thiophene rings is 1. The van der Waals surface area contributed by atoms with Crippen molar-refractivity contribution in [3.8, 4) is 0 Å². The number of anilines is 2. The molecule has 0 saturated heterocycles. The normalized spacial score (nSPS) is 13.5. The van der Waals surface area contributed by atoms with Crippen molar-refractivity contribution in [2.24, 2.45) is 5.73 Å². The summed E-state index contributed by atoms with van der Waals surface area (Å²) >= 11 is 7.19. The van der Waals surface area contributed by atoms with Crippen LogP contribution in [0.15, 0.2) is 24.3 Å². The highest BCUT2D eigenvalue weighted by molar-refractivity contribution is 7.17. The first kappa shape index (κ1) is 26.9. The molecule has 3 amide bonds. The predicted octanol–water partition coefficient (Wildman–Crippen LogP) is 4.66. The molecule has 0 fully saturated rings. The Balaban J connectivity index is 0.00000385. The lowest BCUT2D eigenvalue weighted by Gasteiger charge is -2.27. The van der Waals surface area contributed by atoms with Gasteiger partial charge in [0, 0.05) is 35.2 Å². The van der Waals surface area contributed by atoms with E-state index in [-0.39, 0.29) is 24.8 Å². The van der Waals surface area contributed by atoms with Gasteiger partial charge in [0.1, 0.15) is 10.6 Å². The van der Waals surface area contributed by atoms with Crippen molar-refractivity contribution < 1.29 is 19.1 Å². The third-order valence-corrected chi connectivity index (χ3v) is 6.15. The maximum Gasteiger partial charge on any atom is 0.324 e. The minimum absolute atomic E-state index is 0. The molecule has 8 nitrogen and oxygen atoms in total. The lowest BCUT2D eigenvalue weighted by atomic mass is 10.0. The number of primary amides is 1. The second-order valence-electron chi connectivity index (χ2n) is 8.52. The molecular formula is C22H28Cl2N4O4S. The SMILES string of the molecule is CC(C)(C)OC(=O)CCN1CCc2c(sc(NC(=O)Nc3ccc(Cl)cc3)c2C(N)=O)C1.Cl. The number of hydrogen-bond acceptors (Lipinski definition) is 6. The molecule has 0 aliphatic carbocycles. The summed E-state index contributed by atoms with van der Waals surface area (Å²) in [7, 11) is 0. The van der Waals surface area contributed by atoms with Gasteiger partial charge in [-0.25, -0.2) is 4.79 Å². The summed E-state index contributed by atoms with van der Waals surface area (Å²) in [4.78, 5) is 39.7. The van der Waals surface area contributed by atoms with Gasteiger partial charge in [-0.2, -0.15) is 0 Å². The van der Waals surface area contributed by atoms with Gasteiger partial charge in [-0.15, -0.1) is 23.7 Å². The standard InChI is InChI=1S/C22H27ClN4O4S.ClH/c1-22(2,3)31-17(28)9-11-27-10-8-15-16(12-27)32-20(18(15)19(24)29)26-21(30)25-14-6-4-13(23)5-7-14;/h4-7H,8-12H2,1-3H3,(H2,24,29)(H2,25,26,30);1H. The molecule has 0 unspecified atom stereocenters. The quantitative estimate of drug-likeness (QED) is 0.485. The predicted molar refractivity (Wildman–Crippen MR) is 134 cm³/mol. The Bertz CT molecular complexity index is 1020. The average Bonchev–Trinajstić information content (AvgIpc) is 3.03. The number of carbonyl (C=O) groups is 3. The summed E-state index contributed by atoms with van der Waals surface area (Å²) in [5.74, 6) is -0.819. The Hall–Kier alpha value is -2.33. The van der Waals surface area contributed by atoms with Gasteiger partial charge in [-0.05, 0) is 57.0 Å². The molecule has 11 heteroatoms. The Labute approximate surface area is 208 Å². The van der Waals surface area contributed by atoms with Crippen LogP contribution in [0.4, 0.5) is 15.5 Å². The van der Waals surface area contributed by atoms with Gasteiger partial charge < -0.3 is 15.8 Å². The van der Waals surface area contributed by atoms with Crippen LogP contribution in [0.3, 0.4) is 0 Å². The van der Waals surface area contributed by atoms with Crippen molar-refractivity contribution in [3.05, 3.63) is 45.3 Å². The second-order valence-corrected chi connectivity index (χ2v) is 10.1. The minimum atomic E-state index is -0.577. The van der Waals surface area contributed by atoms with E-state index < -0.39 is 17.5 Å². The molecule has 0 radical (unpaired) electrons. The van der Waals surface area contributed by atoms with Crippen molar-refractivity contribution in [3.63, 3.8) is 0 Å². The van der Waals surface area contributed by atoms with E-state index in [0.717, 1.165) is 10.4 Å². The average molecular weight is 515 g/mol. The van der Waals surface area contributed by atoms with Crippen LogP contribution < -0.4 is 16.4 Å². The Morgan fingerprint density at radius 3 is 2.45 bits per heavy atom. The summed E-state index contributed by atoms with van der Waals surface area (Å²) in [5.41, 5.74) is 6.90. The Morgan fingerprint density at radius 1 is 1.18 bits per heavy atom. The lowest BCUT2D eigenvalue weighted by Crippen LogP contribution is -2.33. The monoisotopic (exact) mass is 514 g/mol. The van der Waals surface area contributed by atoms with Gasteiger partial charge in [-0.1, -0.05) is 11.6 Å². The zero-order valence-corrected chi connectivity index (χ0v) is 21.1. The first-order valence-electron chi connectivity index (χ1n) is 10.2. The summed E-state index contributed by atoms with van der Waals surface area (Å²) < 4.78 is 5.37. The number of rotatable bonds is 6. The second kappa shape index (κ2) is 11.2. The Morgan fingerprint density at radius 2 is 1.85 bits per heavy atom. The molecule has 180 valence electrons. The van der Waals surface area contributed by atoms with Gasteiger partial charge in [0.15, 0.2) is 0 Å². The van der Waals surface area contributed by atoms with Crippen LogP contribution in [0.5, 0.6) is 0 Å². The highest BCUT2D eigenvalue weighted by atomic mass is 35.5. The van der Waals surface area contributed by atoms with Gasteiger partial charge in [0.05, 0.1) is 12.0 Å². The maximum absolute atomic E-state index is 12.4. The molecule has 3 rings (SSSR count). The van der Waals surface area contributed by atoms with Crippen molar-refractivity contribution in [1.82, 2.24) is 4.90 Å². The number of nitrogens with one attached hydrogen (secondary N) is 2. The minimum Gasteiger partial charge on any atom is -0.460 e. The van der Waals surface area contributed by atoms with E-state index in [9.17, 15) is 14.4 Å². The van der Waals surface area contributed by atoms with Crippen LogP contribution in [0.25, 0.3) is 0 Å². The maximum atomic E-state index is 12.4. The largest absolute Gasteiger partial charge is 0.460 e. The highest BCUT2D eigenvalue weighted by Crippen LogP contribution is 2.37. The summed E-state index contributed by atoms with van der Waals surface area (Å²) in [6.07, 6.45) is 0.897. The number of fused-ring (bicyclic) bond motifs is 1. The smallest absolute Gasteiger partial charge is 0.324 e. The molecule has 2 heterocycles. The van der Waals surface area contributed by atoms with Gasteiger partial charge >= 0.3 is 12.0 Å². The fraction of sp³-hybridized carbons (Fsp3) is 0.409. The van der Waals surface area contributed by atoms with E-state index in [1.165, 1.54) is 11.3 Å². The Kier molecular flexibility index (Phi) is 9.13. The van der Waals surface area contributed by atoms with Crippen molar-refractivity contribution in [1.29, 1.82) is 0 Å². The molecule has 1 aromatic heterocycles.